The number of phenolic OH excluding ortho intramolecular Hbond substituents is 1. The second-order valence-corrected chi connectivity index (χ2v) is 23.9. The number of pyridine rings is 1. The molecular weight excluding hydrogens is 903 g/mol. The average Bonchev–Trinajstić information content (AvgIpc) is 3.77. The van der Waals surface area contributed by atoms with Gasteiger partial charge in [-0.15, -0.1) is 0 Å². The molecule has 0 fully saturated rings. The molecule has 10 aromatic rings. The molecule has 0 spiro atoms. The summed E-state index contributed by atoms with van der Waals surface area (Å²) in [6.07, 6.45) is 3.44. The summed E-state index contributed by atoms with van der Waals surface area (Å²) in [6.45, 7) is 26.7. The molecule has 1 N–H and O–H groups in total. The van der Waals surface area contributed by atoms with Crippen LogP contribution in [0.5, 0.6) is 5.75 Å². The van der Waals surface area contributed by atoms with Crippen molar-refractivity contribution in [3.05, 3.63) is 205 Å². The summed E-state index contributed by atoms with van der Waals surface area (Å²) in [7, 11) is 0. The largest absolute Gasteiger partial charge is 0.507 e. The van der Waals surface area contributed by atoms with Crippen molar-refractivity contribution in [2.45, 2.75) is 105 Å². The maximum atomic E-state index is 12.6. The van der Waals surface area contributed by atoms with E-state index in [1.54, 1.807) is 6.33 Å². The number of aromatic nitrogens is 5. The van der Waals surface area contributed by atoms with E-state index in [0.29, 0.717) is 16.9 Å². The Balaban J connectivity index is 1.30. The summed E-state index contributed by atoms with van der Waals surface area (Å²) in [4.78, 5) is 20.4. The van der Waals surface area contributed by atoms with Gasteiger partial charge in [-0.1, -0.05) is 204 Å². The molecule has 6 heteroatoms. The van der Waals surface area contributed by atoms with Crippen molar-refractivity contribution in [3.8, 4) is 89.8 Å². The Bertz CT molecular complexity index is 3640. The summed E-state index contributed by atoms with van der Waals surface area (Å²) < 4.78 is 2.23. The van der Waals surface area contributed by atoms with Gasteiger partial charge in [-0.3, -0.25) is 4.57 Å². The van der Waals surface area contributed by atoms with Gasteiger partial charge in [0.05, 0.1) is 23.3 Å². The molecule has 3 heterocycles. The number of nitrogens with zero attached hydrogens (tertiary/aromatic N) is 5. The standard InChI is InChI=1S/C68H67N5O/c1-65(2,3)49-31-32-59(54(38-49)45-27-20-15-21-28-45)73-60-41-69-42-70-63(60)72-64(73)48-33-46(34-50(35-48)66(4,5)6)57-36-47(37-58(71-57)55-39-51(67(7,8)9)40-56(62(55)74)68(10,11)12)61-52(43-23-16-13-17-24-43)29-22-30-53(61)44-25-18-14-19-26-44/h13-42,74H,1-12H3. The van der Waals surface area contributed by atoms with Gasteiger partial charge in [0.1, 0.15) is 23.4 Å². The summed E-state index contributed by atoms with van der Waals surface area (Å²) in [5, 5.41) is 12.6. The Morgan fingerprint density at radius 1 is 0.405 bits per heavy atom. The van der Waals surface area contributed by atoms with Gasteiger partial charge in [0.25, 0.3) is 0 Å². The molecule has 0 atom stereocenters. The molecule has 0 radical (unpaired) electrons. The monoisotopic (exact) mass is 970 g/mol. The van der Waals surface area contributed by atoms with Crippen LogP contribution in [0.15, 0.2) is 182 Å². The fourth-order valence-corrected chi connectivity index (χ4v) is 10.0. The van der Waals surface area contributed by atoms with E-state index in [4.69, 9.17) is 15.0 Å². The van der Waals surface area contributed by atoms with Gasteiger partial charge < -0.3 is 5.11 Å². The van der Waals surface area contributed by atoms with Crippen LogP contribution in [0.3, 0.4) is 0 Å². The minimum Gasteiger partial charge on any atom is -0.507 e. The number of imidazole rings is 1. The molecule has 0 aliphatic carbocycles. The first-order valence-electron chi connectivity index (χ1n) is 25.8. The predicted octanol–water partition coefficient (Wildman–Crippen LogP) is 17.8. The SMILES string of the molecule is CC(C)(C)c1cc(-c2cc(-c3c(-c4ccccc4)cccc3-c3ccccc3)cc(-c3cc(C(C)(C)C)cc(C(C)(C)C)c3O)n2)cc(-c2nc3ncncc3n2-c2ccc(C(C)(C)C)cc2-c2ccccc2)c1. The molecule has 0 amide bonds. The van der Waals surface area contributed by atoms with Gasteiger partial charge in [0.2, 0.25) is 0 Å². The van der Waals surface area contributed by atoms with Gasteiger partial charge in [-0.25, -0.2) is 19.9 Å². The van der Waals surface area contributed by atoms with Gasteiger partial charge >= 0.3 is 0 Å². The minimum atomic E-state index is -0.347. The van der Waals surface area contributed by atoms with Crippen molar-refractivity contribution in [1.29, 1.82) is 0 Å². The third-order valence-corrected chi connectivity index (χ3v) is 14.3. The average molecular weight is 970 g/mol. The Hall–Kier alpha value is -7.96. The highest BCUT2D eigenvalue weighted by Gasteiger charge is 2.29. The molecule has 370 valence electrons. The van der Waals surface area contributed by atoms with E-state index >= 15 is 0 Å². The van der Waals surface area contributed by atoms with Crippen molar-refractivity contribution in [2.24, 2.45) is 0 Å². The van der Waals surface area contributed by atoms with Crippen LogP contribution in [-0.2, 0) is 21.7 Å². The zero-order valence-corrected chi connectivity index (χ0v) is 45.0. The molecule has 74 heavy (non-hydrogen) atoms. The van der Waals surface area contributed by atoms with Crippen LogP contribution in [0.2, 0.25) is 0 Å². The maximum Gasteiger partial charge on any atom is 0.181 e. The number of aromatic hydroxyl groups is 1. The molecule has 0 aliphatic rings. The third-order valence-electron chi connectivity index (χ3n) is 14.3. The van der Waals surface area contributed by atoms with Crippen molar-refractivity contribution in [3.63, 3.8) is 0 Å². The van der Waals surface area contributed by atoms with Crippen molar-refractivity contribution in [1.82, 2.24) is 24.5 Å². The number of benzene rings is 7. The molecule has 3 aromatic heterocycles. The van der Waals surface area contributed by atoms with E-state index in [1.807, 2.05) is 6.20 Å². The quantitative estimate of drug-likeness (QED) is 0.164. The Morgan fingerprint density at radius 2 is 0.932 bits per heavy atom. The van der Waals surface area contributed by atoms with E-state index in [0.717, 1.165) is 95.0 Å². The second-order valence-electron chi connectivity index (χ2n) is 23.9. The zero-order chi connectivity index (χ0) is 52.3. The minimum absolute atomic E-state index is 0.0794. The first kappa shape index (κ1) is 49.6. The van der Waals surface area contributed by atoms with Crippen molar-refractivity contribution in [2.75, 3.05) is 0 Å². The Morgan fingerprint density at radius 3 is 1.50 bits per heavy atom. The highest BCUT2D eigenvalue weighted by atomic mass is 16.3. The summed E-state index contributed by atoms with van der Waals surface area (Å²) in [6, 6.07) is 60.8. The van der Waals surface area contributed by atoms with Gasteiger partial charge in [-0.2, -0.15) is 0 Å². The van der Waals surface area contributed by atoms with Crippen LogP contribution >= 0.6 is 0 Å². The normalized spacial score (nSPS) is 12.4. The third kappa shape index (κ3) is 9.69. The highest BCUT2D eigenvalue weighted by molar-refractivity contribution is 5.97. The first-order chi connectivity index (χ1) is 35.1. The van der Waals surface area contributed by atoms with Crippen LogP contribution in [0.4, 0.5) is 0 Å². The Kier molecular flexibility index (Phi) is 12.6. The van der Waals surface area contributed by atoms with E-state index in [2.05, 4.69) is 262 Å². The fourth-order valence-electron chi connectivity index (χ4n) is 10.0. The number of hydrogen-bond acceptors (Lipinski definition) is 5. The van der Waals surface area contributed by atoms with Crippen molar-refractivity contribution >= 4 is 11.2 Å². The molecule has 0 bridgehead atoms. The summed E-state index contributed by atoms with van der Waals surface area (Å²) in [5.41, 5.74) is 18.5. The van der Waals surface area contributed by atoms with E-state index in [9.17, 15) is 5.11 Å². The van der Waals surface area contributed by atoms with Gasteiger partial charge in [0, 0.05) is 27.8 Å². The van der Waals surface area contributed by atoms with E-state index < -0.39 is 0 Å². The lowest BCUT2D eigenvalue weighted by molar-refractivity contribution is 0.446. The number of hydrogen-bond donors (Lipinski definition) is 1. The number of rotatable bonds is 8. The van der Waals surface area contributed by atoms with Gasteiger partial charge in [0.15, 0.2) is 5.65 Å². The van der Waals surface area contributed by atoms with Crippen LogP contribution in [-0.4, -0.2) is 29.6 Å². The van der Waals surface area contributed by atoms with Gasteiger partial charge in [-0.05, 0) is 126 Å². The lowest BCUT2D eigenvalue weighted by Crippen LogP contribution is -2.17. The molecule has 0 unspecified atom stereocenters. The maximum absolute atomic E-state index is 12.6. The number of fused-ring (bicyclic) bond motifs is 1. The van der Waals surface area contributed by atoms with Crippen molar-refractivity contribution < 1.29 is 5.11 Å². The molecule has 0 saturated carbocycles. The molecule has 7 aromatic carbocycles. The lowest BCUT2D eigenvalue weighted by Gasteiger charge is -2.28. The Labute approximate surface area is 438 Å². The lowest BCUT2D eigenvalue weighted by atomic mass is 9.78. The first-order valence-corrected chi connectivity index (χ1v) is 25.8. The topological polar surface area (TPSA) is 76.7 Å². The second kappa shape index (κ2) is 18.8. The van der Waals surface area contributed by atoms with E-state index in [-0.39, 0.29) is 27.4 Å². The smallest absolute Gasteiger partial charge is 0.181 e. The predicted molar refractivity (Wildman–Crippen MR) is 309 cm³/mol. The molecule has 6 nitrogen and oxygen atoms in total. The molecule has 0 aliphatic heterocycles. The van der Waals surface area contributed by atoms with Crippen LogP contribution in [0.25, 0.3) is 95.3 Å². The van der Waals surface area contributed by atoms with Crippen LogP contribution < -0.4 is 0 Å². The molecular formula is C68H67N5O. The number of phenols is 1. The zero-order valence-electron chi connectivity index (χ0n) is 45.0. The highest BCUT2D eigenvalue weighted by Crippen LogP contribution is 2.47. The van der Waals surface area contributed by atoms with Crippen LogP contribution in [0.1, 0.15) is 105 Å². The molecule has 10 rings (SSSR count). The van der Waals surface area contributed by atoms with E-state index in [1.165, 1.54) is 5.56 Å². The van der Waals surface area contributed by atoms with Crippen LogP contribution in [0, 0.1) is 0 Å². The summed E-state index contributed by atoms with van der Waals surface area (Å²) >= 11 is 0. The fraction of sp³-hybridized carbons (Fsp3) is 0.235. The summed E-state index contributed by atoms with van der Waals surface area (Å²) in [5.74, 6) is 0.988. The molecule has 0 saturated heterocycles.